The fourth-order valence-electron chi connectivity index (χ4n) is 1.15. The van der Waals surface area contributed by atoms with E-state index in [9.17, 15) is 0 Å². The van der Waals surface area contributed by atoms with Gasteiger partial charge in [0.15, 0.2) is 0 Å². The van der Waals surface area contributed by atoms with Crippen LogP contribution in [-0.2, 0) is 4.74 Å². The minimum Gasteiger partial charge on any atom is -0.497 e. The summed E-state index contributed by atoms with van der Waals surface area (Å²) in [6.45, 7) is 2.71. The van der Waals surface area contributed by atoms with Crippen LogP contribution in [0.25, 0.3) is 0 Å². The van der Waals surface area contributed by atoms with Crippen molar-refractivity contribution in [1.29, 1.82) is 0 Å². The van der Waals surface area contributed by atoms with Crippen LogP contribution in [-0.4, -0.2) is 26.9 Å². The lowest BCUT2D eigenvalue weighted by molar-refractivity contribution is 0.129. The molecule has 0 amide bonds. The third-order valence-corrected chi connectivity index (χ3v) is 2.24. The third kappa shape index (κ3) is 3.32. The monoisotopic (exact) mass is 210 g/mol. The van der Waals surface area contributed by atoms with Gasteiger partial charge in [0.25, 0.3) is 0 Å². The van der Waals surface area contributed by atoms with E-state index in [1.54, 1.807) is 14.2 Å². The van der Waals surface area contributed by atoms with E-state index >= 15 is 0 Å². The fourth-order valence-corrected chi connectivity index (χ4v) is 1.15. The second-order valence-corrected chi connectivity index (χ2v) is 3.38. The molecular weight excluding hydrogens is 192 g/mol. The molecule has 3 N–H and O–H groups in total. The third-order valence-electron chi connectivity index (χ3n) is 2.24. The minimum atomic E-state index is 0.149. The van der Waals surface area contributed by atoms with E-state index in [0.29, 0.717) is 12.2 Å². The van der Waals surface area contributed by atoms with Gasteiger partial charge in [0.2, 0.25) is 0 Å². The average molecular weight is 210 g/mol. The number of hydrogen-bond acceptors (Lipinski definition) is 4. The summed E-state index contributed by atoms with van der Waals surface area (Å²) >= 11 is 0. The van der Waals surface area contributed by atoms with Crippen LogP contribution in [0.15, 0.2) is 18.2 Å². The minimum absolute atomic E-state index is 0.149. The van der Waals surface area contributed by atoms with Gasteiger partial charge in [0.05, 0.1) is 24.6 Å². The standard InChI is InChI=1S/C11H18N2O2/c1-8(14-2)7-13-11-6-9(15-3)4-5-10(11)12/h4-6,8,13H,7,12H2,1-3H3. The van der Waals surface area contributed by atoms with Gasteiger partial charge in [-0.05, 0) is 19.1 Å². The zero-order valence-corrected chi connectivity index (χ0v) is 9.41. The van der Waals surface area contributed by atoms with Gasteiger partial charge in [-0.2, -0.15) is 0 Å². The molecule has 84 valence electrons. The van der Waals surface area contributed by atoms with Crippen LogP contribution in [0.2, 0.25) is 0 Å². The van der Waals surface area contributed by atoms with Crippen molar-refractivity contribution < 1.29 is 9.47 Å². The SMILES string of the molecule is COc1ccc(N)c(NCC(C)OC)c1. The first-order valence-corrected chi connectivity index (χ1v) is 4.87. The Kier molecular flexibility index (Phi) is 4.24. The quantitative estimate of drug-likeness (QED) is 0.727. The number of methoxy groups -OCH3 is 2. The number of anilines is 2. The molecule has 4 nitrogen and oxygen atoms in total. The van der Waals surface area contributed by atoms with Gasteiger partial charge in [0.1, 0.15) is 5.75 Å². The van der Waals surface area contributed by atoms with Crippen molar-refractivity contribution in [3.05, 3.63) is 18.2 Å². The summed E-state index contributed by atoms with van der Waals surface area (Å²) in [5.41, 5.74) is 7.39. The normalized spacial score (nSPS) is 12.2. The van der Waals surface area contributed by atoms with E-state index in [2.05, 4.69) is 5.32 Å². The van der Waals surface area contributed by atoms with Gasteiger partial charge >= 0.3 is 0 Å². The van der Waals surface area contributed by atoms with Crippen molar-refractivity contribution in [3.63, 3.8) is 0 Å². The highest BCUT2D eigenvalue weighted by Crippen LogP contribution is 2.24. The molecular formula is C11H18N2O2. The molecule has 0 aromatic heterocycles. The van der Waals surface area contributed by atoms with Crippen LogP contribution >= 0.6 is 0 Å². The molecule has 0 radical (unpaired) electrons. The van der Waals surface area contributed by atoms with Crippen LogP contribution in [0.3, 0.4) is 0 Å². The Balaban J connectivity index is 2.66. The highest BCUT2D eigenvalue weighted by atomic mass is 16.5. The summed E-state index contributed by atoms with van der Waals surface area (Å²) in [6.07, 6.45) is 0.149. The van der Waals surface area contributed by atoms with Gasteiger partial charge in [-0.3, -0.25) is 0 Å². The zero-order valence-electron chi connectivity index (χ0n) is 9.41. The molecule has 1 atom stereocenters. The van der Waals surface area contributed by atoms with Crippen LogP contribution in [0.5, 0.6) is 5.75 Å². The molecule has 0 spiro atoms. The Morgan fingerprint density at radius 3 is 2.73 bits per heavy atom. The van der Waals surface area contributed by atoms with E-state index in [1.807, 2.05) is 25.1 Å². The Morgan fingerprint density at radius 2 is 2.13 bits per heavy atom. The van der Waals surface area contributed by atoms with Crippen LogP contribution in [0.4, 0.5) is 11.4 Å². The lowest BCUT2D eigenvalue weighted by Gasteiger charge is -2.14. The van der Waals surface area contributed by atoms with Crippen molar-refractivity contribution in [2.24, 2.45) is 0 Å². The maximum absolute atomic E-state index is 5.81. The molecule has 0 heterocycles. The average Bonchev–Trinajstić information content (AvgIpc) is 2.27. The van der Waals surface area contributed by atoms with Gasteiger partial charge in [-0.15, -0.1) is 0 Å². The highest BCUT2D eigenvalue weighted by Gasteiger charge is 2.03. The second-order valence-electron chi connectivity index (χ2n) is 3.38. The van der Waals surface area contributed by atoms with Crippen LogP contribution in [0.1, 0.15) is 6.92 Å². The molecule has 4 heteroatoms. The first kappa shape index (κ1) is 11.7. The Hall–Kier alpha value is -1.42. The summed E-state index contributed by atoms with van der Waals surface area (Å²) in [5.74, 6) is 0.789. The summed E-state index contributed by atoms with van der Waals surface area (Å²) in [6, 6.07) is 5.52. The smallest absolute Gasteiger partial charge is 0.121 e. The van der Waals surface area contributed by atoms with E-state index in [4.69, 9.17) is 15.2 Å². The van der Waals surface area contributed by atoms with Crippen molar-refractivity contribution in [1.82, 2.24) is 0 Å². The first-order valence-electron chi connectivity index (χ1n) is 4.87. The van der Waals surface area contributed by atoms with Crippen LogP contribution < -0.4 is 15.8 Å². The number of nitrogen functional groups attached to an aromatic ring is 1. The van der Waals surface area contributed by atoms with Crippen molar-refractivity contribution in [2.45, 2.75) is 13.0 Å². The lowest BCUT2D eigenvalue weighted by Crippen LogP contribution is -2.18. The van der Waals surface area contributed by atoms with Crippen LogP contribution in [0, 0.1) is 0 Å². The number of benzene rings is 1. The van der Waals surface area contributed by atoms with Gasteiger partial charge in [0, 0.05) is 19.7 Å². The lowest BCUT2D eigenvalue weighted by atomic mass is 10.2. The summed E-state index contributed by atoms with van der Waals surface area (Å²) in [4.78, 5) is 0. The fraction of sp³-hybridized carbons (Fsp3) is 0.455. The first-order chi connectivity index (χ1) is 7.17. The predicted molar refractivity (Wildman–Crippen MR) is 62.4 cm³/mol. The molecule has 0 bridgehead atoms. The molecule has 0 saturated carbocycles. The van der Waals surface area contributed by atoms with E-state index in [-0.39, 0.29) is 6.10 Å². The highest BCUT2D eigenvalue weighted by molar-refractivity contribution is 5.68. The Labute approximate surface area is 90.4 Å². The number of nitrogens with one attached hydrogen (secondary N) is 1. The van der Waals surface area contributed by atoms with Gasteiger partial charge in [-0.1, -0.05) is 0 Å². The molecule has 15 heavy (non-hydrogen) atoms. The van der Waals surface area contributed by atoms with Crippen molar-refractivity contribution in [2.75, 3.05) is 31.8 Å². The molecule has 0 aliphatic carbocycles. The molecule has 1 aromatic rings. The van der Waals surface area contributed by atoms with Gasteiger partial charge in [-0.25, -0.2) is 0 Å². The number of ether oxygens (including phenoxy) is 2. The summed E-state index contributed by atoms with van der Waals surface area (Å²) in [7, 11) is 3.31. The summed E-state index contributed by atoms with van der Waals surface area (Å²) < 4.78 is 10.2. The number of nitrogens with two attached hydrogens (primary N) is 1. The molecule has 1 rings (SSSR count). The van der Waals surface area contributed by atoms with E-state index < -0.39 is 0 Å². The molecule has 0 saturated heterocycles. The molecule has 0 fully saturated rings. The Morgan fingerprint density at radius 1 is 1.40 bits per heavy atom. The second kappa shape index (κ2) is 5.46. The Bertz CT molecular complexity index is 315. The molecule has 1 aromatic carbocycles. The molecule has 0 aliphatic heterocycles. The predicted octanol–water partition coefficient (Wildman–Crippen LogP) is 1.72. The molecule has 0 aliphatic rings. The number of hydrogen-bond donors (Lipinski definition) is 2. The van der Waals surface area contributed by atoms with Gasteiger partial charge < -0.3 is 20.5 Å². The maximum Gasteiger partial charge on any atom is 0.121 e. The number of rotatable bonds is 5. The zero-order chi connectivity index (χ0) is 11.3. The molecule has 1 unspecified atom stereocenters. The largest absolute Gasteiger partial charge is 0.497 e. The van der Waals surface area contributed by atoms with Crippen molar-refractivity contribution in [3.8, 4) is 5.75 Å². The summed E-state index contributed by atoms with van der Waals surface area (Å²) in [5, 5.41) is 3.21. The maximum atomic E-state index is 5.81. The van der Waals surface area contributed by atoms with E-state index in [1.165, 1.54) is 0 Å². The van der Waals surface area contributed by atoms with Crippen molar-refractivity contribution >= 4 is 11.4 Å². The topological polar surface area (TPSA) is 56.5 Å². The van der Waals surface area contributed by atoms with E-state index in [0.717, 1.165) is 11.4 Å².